The number of carboxylic acids is 1. The predicted molar refractivity (Wildman–Crippen MR) is 114 cm³/mol. The second kappa shape index (κ2) is 13.6. The van der Waals surface area contributed by atoms with Gasteiger partial charge in [0.25, 0.3) is 0 Å². The lowest BCUT2D eigenvalue weighted by atomic mass is 9.96. The fraction of sp³-hybridized carbons (Fsp3) is 0.750. The molecule has 4 amide bonds. The summed E-state index contributed by atoms with van der Waals surface area (Å²) < 4.78 is 0. The van der Waals surface area contributed by atoms with Crippen molar-refractivity contribution in [2.45, 2.75) is 84.5 Å². The Morgan fingerprint density at radius 3 is 1.94 bits per heavy atom. The number of nitrogens with two attached hydrogens (primary N) is 2. The number of nitrogens with one attached hydrogen (secondary N) is 3. The SMILES string of the molecule is CCC(C)C(NC(=O)C(N)CC(C)C)C(=O)NC(C)C(=O)NC(CCC(N)=O)C(=O)O. The van der Waals surface area contributed by atoms with Crippen LogP contribution in [0.1, 0.15) is 60.3 Å². The summed E-state index contributed by atoms with van der Waals surface area (Å²) in [5.74, 6) is -3.81. The third-order valence-electron chi connectivity index (χ3n) is 4.90. The number of hydrogen-bond donors (Lipinski definition) is 6. The van der Waals surface area contributed by atoms with Crippen LogP contribution >= 0.6 is 0 Å². The van der Waals surface area contributed by atoms with Crippen molar-refractivity contribution < 1.29 is 29.1 Å². The van der Waals surface area contributed by atoms with Crippen LogP contribution < -0.4 is 27.4 Å². The van der Waals surface area contributed by atoms with Crippen molar-refractivity contribution in [1.29, 1.82) is 0 Å². The van der Waals surface area contributed by atoms with Gasteiger partial charge in [-0.05, 0) is 31.6 Å². The first-order chi connectivity index (χ1) is 14.3. The lowest BCUT2D eigenvalue weighted by Crippen LogP contribution is -2.58. The molecule has 31 heavy (non-hydrogen) atoms. The molecule has 0 saturated heterocycles. The summed E-state index contributed by atoms with van der Waals surface area (Å²) in [6, 6.07) is -4.06. The summed E-state index contributed by atoms with van der Waals surface area (Å²) in [4.78, 5) is 59.6. The molecule has 0 aliphatic heterocycles. The van der Waals surface area contributed by atoms with Crippen molar-refractivity contribution in [2.75, 3.05) is 0 Å². The zero-order valence-electron chi connectivity index (χ0n) is 18.9. The largest absolute Gasteiger partial charge is 0.480 e. The Balaban J connectivity index is 5.10. The van der Waals surface area contributed by atoms with Crippen LogP contribution in [0.3, 0.4) is 0 Å². The van der Waals surface area contributed by atoms with Crippen molar-refractivity contribution in [3.63, 3.8) is 0 Å². The zero-order chi connectivity index (χ0) is 24.3. The first-order valence-electron chi connectivity index (χ1n) is 10.5. The van der Waals surface area contributed by atoms with E-state index in [1.54, 1.807) is 6.92 Å². The Labute approximate surface area is 183 Å². The molecule has 0 aliphatic rings. The second-order valence-electron chi connectivity index (χ2n) is 8.24. The first-order valence-corrected chi connectivity index (χ1v) is 10.5. The average Bonchev–Trinajstić information content (AvgIpc) is 2.66. The van der Waals surface area contributed by atoms with Crippen LogP contribution in [0.15, 0.2) is 0 Å². The molecule has 11 nitrogen and oxygen atoms in total. The molecule has 0 saturated carbocycles. The molecule has 0 radical (unpaired) electrons. The molecule has 178 valence electrons. The van der Waals surface area contributed by atoms with Crippen molar-refractivity contribution >= 4 is 29.6 Å². The summed E-state index contributed by atoms with van der Waals surface area (Å²) in [6.07, 6.45) is 0.668. The maximum absolute atomic E-state index is 12.7. The second-order valence-corrected chi connectivity index (χ2v) is 8.24. The highest BCUT2D eigenvalue weighted by Crippen LogP contribution is 2.10. The van der Waals surface area contributed by atoms with E-state index in [0.29, 0.717) is 12.8 Å². The van der Waals surface area contributed by atoms with E-state index in [1.807, 2.05) is 20.8 Å². The van der Waals surface area contributed by atoms with Crippen LogP contribution in [0.25, 0.3) is 0 Å². The molecular weight excluding hydrogens is 406 g/mol. The molecule has 0 heterocycles. The first kappa shape index (κ1) is 28.3. The van der Waals surface area contributed by atoms with E-state index in [4.69, 9.17) is 11.5 Å². The summed E-state index contributed by atoms with van der Waals surface area (Å²) in [6.45, 7) is 8.89. The van der Waals surface area contributed by atoms with Gasteiger partial charge in [-0.15, -0.1) is 0 Å². The third-order valence-corrected chi connectivity index (χ3v) is 4.90. The van der Waals surface area contributed by atoms with E-state index >= 15 is 0 Å². The lowest BCUT2D eigenvalue weighted by Gasteiger charge is -2.27. The molecule has 0 bridgehead atoms. The molecule has 0 aromatic heterocycles. The van der Waals surface area contributed by atoms with E-state index in [1.165, 1.54) is 6.92 Å². The topological polar surface area (TPSA) is 194 Å². The minimum Gasteiger partial charge on any atom is -0.480 e. The number of amides is 4. The average molecular weight is 444 g/mol. The van der Waals surface area contributed by atoms with Gasteiger partial charge in [0.1, 0.15) is 18.1 Å². The molecule has 5 atom stereocenters. The Morgan fingerprint density at radius 1 is 0.903 bits per heavy atom. The van der Waals surface area contributed by atoms with Gasteiger partial charge < -0.3 is 32.5 Å². The van der Waals surface area contributed by atoms with Crippen molar-refractivity contribution in [3.8, 4) is 0 Å². The van der Waals surface area contributed by atoms with Gasteiger partial charge in [-0.3, -0.25) is 19.2 Å². The van der Waals surface area contributed by atoms with Crippen molar-refractivity contribution in [2.24, 2.45) is 23.3 Å². The molecule has 11 heteroatoms. The van der Waals surface area contributed by atoms with E-state index in [9.17, 15) is 29.1 Å². The van der Waals surface area contributed by atoms with Crippen molar-refractivity contribution in [3.05, 3.63) is 0 Å². The Kier molecular flexibility index (Phi) is 12.4. The summed E-state index contributed by atoms with van der Waals surface area (Å²) >= 11 is 0. The van der Waals surface area contributed by atoms with Crippen LogP contribution in [-0.4, -0.2) is 58.9 Å². The van der Waals surface area contributed by atoms with Crippen LogP contribution in [0.5, 0.6) is 0 Å². The van der Waals surface area contributed by atoms with Crippen LogP contribution in [0.2, 0.25) is 0 Å². The molecule has 0 aromatic carbocycles. The van der Waals surface area contributed by atoms with Gasteiger partial charge in [0.2, 0.25) is 23.6 Å². The van der Waals surface area contributed by atoms with Crippen LogP contribution in [0.4, 0.5) is 0 Å². The van der Waals surface area contributed by atoms with Gasteiger partial charge >= 0.3 is 5.97 Å². The number of carbonyl (C=O) groups is 5. The van der Waals surface area contributed by atoms with Gasteiger partial charge in [-0.1, -0.05) is 34.1 Å². The number of aliphatic carboxylic acids is 1. The van der Waals surface area contributed by atoms with E-state index < -0.39 is 53.8 Å². The molecule has 8 N–H and O–H groups in total. The normalized spacial score (nSPS) is 15.8. The number of carbonyl (C=O) groups excluding carboxylic acids is 4. The van der Waals surface area contributed by atoms with Gasteiger partial charge in [0.15, 0.2) is 0 Å². The van der Waals surface area contributed by atoms with Crippen LogP contribution in [0, 0.1) is 11.8 Å². The molecule has 0 aromatic rings. The van der Waals surface area contributed by atoms with Gasteiger partial charge in [0, 0.05) is 6.42 Å². The minimum absolute atomic E-state index is 0.170. The highest BCUT2D eigenvalue weighted by molar-refractivity contribution is 5.94. The monoisotopic (exact) mass is 443 g/mol. The zero-order valence-corrected chi connectivity index (χ0v) is 18.9. The molecular formula is C20H37N5O6. The Hall–Kier alpha value is -2.69. The quantitative estimate of drug-likeness (QED) is 0.203. The predicted octanol–water partition coefficient (Wildman–Crippen LogP) is -0.770. The van der Waals surface area contributed by atoms with Gasteiger partial charge in [-0.25, -0.2) is 4.79 Å². The Morgan fingerprint density at radius 2 is 1.48 bits per heavy atom. The molecule has 0 rings (SSSR count). The van der Waals surface area contributed by atoms with E-state index in [2.05, 4.69) is 16.0 Å². The highest BCUT2D eigenvalue weighted by atomic mass is 16.4. The summed E-state index contributed by atoms with van der Waals surface area (Å²) in [5.41, 5.74) is 10.9. The summed E-state index contributed by atoms with van der Waals surface area (Å²) in [5, 5.41) is 16.6. The van der Waals surface area contributed by atoms with Gasteiger partial charge in [-0.2, -0.15) is 0 Å². The molecule has 0 fully saturated rings. The van der Waals surface area contributed by atoms with E-state index in [0.717, 1.165) is 0 Å². The maximum Gasteiger partial charge on any atom is 0.326 e. The third kappa shape index (κ3) is 10.8. The van der Waals surface area contributed by atoms with E-state index in [-0.39, 0.29) is 24.7 Å². The Bertz CT molecular complexity index is 654. The molecule has 5 unspecified atom stereocenters. The fourth-order valence-electron chi connectivity index (χ4n) is 2.79. The number of rotatable bonds is 14. The van der Waals surface area contributed by atoms with Gasteiger partial charge in [0.05, 0.1) is 6.04 Å². The number of hydrogen-bond acceptors (Lipinski definition) is 6. The van der Waals surface area contributed by atoms with Crippen LogP contribution in [-0.2, 0) is 24.0 Å². The lowest BCUT2D eigenvalue weighted by molar-refractivity contribution is -0.142. The molecule has 0 spiro atoms. The number of primary amides is 1. The highest BCUT2D eigenvalue weighted by Gasteiger charge is 2.31. The standard InChI is InChI=1S/C20H37N5O6/c1-6-11(4)16(25-18(28)13(21)9-10(2)3)19(29)23-12(5)17(27)24-14(20(30)31)7-8-15(22)26/h10-14,16H,6-9,21H2,1-5H3,(H2,22,26)(H,23,29)(H,24,27)(H,25,28)(H,30,31). The smallest absolute Gasteiger partial charge is 0.326 e. The van der Waals surface area contributed by atoms with Crippen molar-refractivity contribution in [1.82, 2.24) is 16.0 Å². The minimum atomic E-state index is -1.32. The molecule has 0 aliphatic carbocycles. The summed E-state index contributed by atoms with van der Waals surface area (Å²) in [7, 11) is 0. The fourth-order valence-corrected chi connectivity index (χ4v) is 2.79. The maximum atomic E-state index is 12.7. The number of carboxylic acid groups (broad SMARTS) is 1.